The van der Waals surface area contributed by atoms with Crippen LogP contribution in [0.1, 0.15) is 25.7 Å². The van der Waals surface area contributed by atoms with Crippen molar-refractivity contribution in [3.63, 3.8) is 0 Å². The summed E-state index contributed by atoms with van der Waals surface area (Å²) in [4.78, 5) is 2.25. The van der Waals surface area contributed by atoms with Crippen LogP contribution in [0.3, 0.4) is 0 Å². The van der Waals surface area contributed by atoms with Crippen molar-refractivity contribution in [3.05, 3.63) is 0 Å². The molecule has 0 spiro atoms. The second-order valence-electron chi connectivity index (χ2n) is 5.81. The Balaban J connectivity index is 1.65. The van der Waals surface area contributed by atoms with Gasteiger partial charge in [0.1, 0.15) is 0 Å². The number of aliphatic hydroxyl groups is 2. The molecule has 3 unspecified atom stereocenters. The monoisotopic (exact) mass is 272 g/mol. The maximum atomic E-state index is 10.1. The van der Waals surface area contributed by atoms with Gasteiger partial charge in [-0.15, -0.1) is 0 Å². The zero-order chi connectivity index (χ0) is 13.5. The first-order valence-electron chi connectivity index (χ1n) is 7.62. The second-order valence-corrected chi connectivity index (χ2v) is 5.81. The molecule has 3 N–H and O–H groups in total. The number of ether oxygens (including phenoxy) is 1. The van der Waals surface area contributed by atoms with E-state index in [1.54, 1.807) is 0 Å². The Morgan fingerprint density at radius 3 is 2.68 bits per heavy atom. The van der Waals surface area contributed by atoms with Crippen LogP contribution in [-0.4, -0.2) is 73.3 Å². The zero-order valence-electron chi connectivity index (χ0n) is 11.8. The minimum atomic E-state index is -0.334. The second kappa shape index (κ2) is 8.17. The van der Waals surface area contributed by atoms with Crippen molar-refractivity contribution in [2.24, 2.45) is 5.92 Å². The molecule has 19 heavy (non-hydrogen) atoms. The van der Waals surface area contributed by atoms with Crippen molar-refractivity contribution in [2.75, 3.05) is 46.0 Å². The first-order chi connectivity index (χ1) is 9.29. The summed E-state index contributed by atoms with van der Waals surface area (Å²) in [7, 11) is 0. The van der Waals surface area contributed by atoms with E-state index < -0.39 is 0 Å². The molecule has 1 aliphatic heterocycles. The van der Waals surface area contributed by atoms with Gasteiger partial charge in [0.15, 0.2) is 0 Å². The number of hydrogen-bond acceptors (Lipinski definition) is 5. The lowest BCUT2D eigenvalue weighted by Gasteiger charge is -2.33. The van der Waals surface area contributed by atoms with E-state index in [9.17, 15) is 10.2 Å². The molecule has 0 aromatic carbocycles. The third kappa shape index (κ3) is 5.00. The highest BCUT2D eigenvalue weighted by Gasteiger charge is 2.24. The van der Waals surface area contributed by atoms with Gasteiger partial charge in [-0.25, -0.2) is 0 Å². The van der Waals surface area contributed by atoms with Gasteiger partial charge < -0.3 is 20.3 Å². The Hall–Kier alpha value is -0.200. The van der Waals surface area contributed by atoms with E-state index in [1.165, 1.54) is 12.8 Å². The summed E-state index contributed by atoms with van der Waals surface area (Å²) < 4.78 is 5.30. The van der Waals surface area contributed by atoms with Crippen LogP contribution < -0.4 is 5.32 Å². The topological polar surface area (TPSA) is 65.0 Å². The summed E-state index contributed by atoms with van der Waals surface area (Å²) >= 11 is 0. The van der Waals surface area contributed by atoms with Crippen molar-refractivity contribution in [2.45, 2.75) is 37.8 Å². The van der Waals surface area contributed by atoms with E-state index in [-0.39, 0.29) is 12.7 Å². The van der Waals surface area contributed by atoms with Crippen LogP contribution in [-0.2, 0) is 4.74 Å². The first-order valence-corrected chi connectivity index (χ1v) is 7.62. The van der Waals surface area contributed by atoms with Gasteiger partial charge in [0, 0.05) is 38.8 Å². The number of nitrogens with zero attached hydrogens (tertiary/aromatic N) is 1. The fraction of sp³-hybridized carbons (Fsp3) is 1.00. The van der Waals surface area contributed by atoms with E-state index in [4.69, 9.17) is 4.74 Å². The van der Waals surface area contributed by atoms with Crippen molar-refractivity contribution in [3.8, 4) is 0 Å². The molecule has 1 saturated heterocycles. The molecule has 2 fully saturated rings. The quantitative estimate of drug-likeness (QED) is 0.626. The van der Waals surface area contributed by atoms with Crippen LogP contribution in [0.4, 0.5) is 0 Å². The van der Waals surface area contributed by atoms with Gasteiger partial charge in [-0.2, -0.15) is 0 Å². The summed E-state index contributed by atoms with van der Waals surface area (Å²) in [5, 5.41) is 22.9. The average molecular weight is 272 g/mol. The molecular formula is C14H28N2O3. The number of β-amino-alcohol motifs (C(OH)–C–C–N with tert-alkyl or cyclic N) is 1. The Bertz CT molecular complexity index is 247. The number of rotatable bonds is 6. The van der Waals surface area contributed by atoms with Gasteiger partial charge in [0.2, 0.25) is 0 Å². The Morgan fingerprint density at radius 1 is 1.21 bits per heavy atom. The normalized spacial score (nSPS) is 31.3. The number of nitrogens with one attached hydrogen (secondary N) is 1. The Kier molecular flexibility index (Phi) is 6.53. The lowest BCUT2D eigenvalue weighted by molar-refractivity contribution is 0.0134. The Morgan fingerprint density at radius 2 is 1.95 bits per heavy atom. The van der Waals surface area contributed by atoms with Crippen LogP contribution in [0.15, 0.2) is 0 Å². The SMILES string of the molecule is OCC1CCCCC1NCC(O)CN1CCOCC1. The van der Waals surface area contributed by atoms with E-state index >= 15 is 0 Å². The van der Waals surface area contributed by atoms with Crippen molar-refractivity contribution in [1.82, 2.24) is 10.2 Å². The third-order valence-corrected chi connectivity index (χ3v) is 4.33. The first kappa shape index (κ1) is 15.2. The van der Waals surface area contributed by atoms with Crippen molar-refractivity contribution in [1.29, 1.82) is 0 Å². The van der Waals surface area contributed by atoms with Crippen molar-refractivity contribution < 1.29 is 14.9 Å². The van der Waals surface area contributed by atoms with Crippen molar-refractivity contribution >= 4 is 0 Å². The van der Waals surface area contributed by atoms with E-state index in [0.29, 0.717) is 25.0 Å². The minimum absolute atomic E-state index is 0.261. The molecule has 2 aliphatic rings. The van der Waals surface area contributed by atoms with Gasteiger partial charge in [-0.3, -0.25) is 4.90 Å². The number of aliphatic hydroxyl groups excluding tert-OH is 2. The summed E-state index contributed by atoms with van der Waals surface area (Å²) in [5.74, 6) is 0.365. The summed E-state index contributed by atoms with van der Waals surface area (Å²) in [6.45, 7) is 4.98. The summed E-state index contributed by atoms with van der Waals surface area (Å²) in [5.41, 5.74) is 0. The van der Waals surface area contributed by atoms with Gasteiger partial charge in [-0.05, 0) is 18.8 Å². The maximum absolute atomic E-state index is 10.1. The molecule has 1 aliphatic carbocycles. The molecule has 5 nitrogen and oxygen atoms in total. The predicted molar refractivity (Wildman–Crippen MR) is 74.1 cm³/mol. The van der Waals surface area contributed by atoms with Gasteiger partial charge in [0.05, 0.1) is 19.3 Å². The molecular weight excluding hydrogens is 244 g/mol. The van der Waals surface area contributed by atoms with Gasteiger partial charge in [0.25, 0.3) is 0 Å². The van der Waals surface area contributed by atoms with Gasteiger partial charge >= 0.3 is 0 Å². The lowest BCUT2D eigenvalue weighted by atomic mass is 9.85. The highest BCUT2D eigenvalue weighted by atomic mass is 16.5. The third-order valence-electron chi connectivity index (χ3n) is 4.33. The molecule has 0 amide bonds. The summed E-state index contributed by atoms with van der Waals surface area (Å²) in [6, 6.07) is 0.373. The number of hydrogen-bond donors (Lipinski definition) is 3. The Labute approximate surface area is 115 Å². The molecule has 0 radical (unpaired) electrons. The molecule has 5 heteroatoms. The summed E-state index contributed by atoms with van der Waals surface area (Å²) in [6.07, 6.45) is 4.34. The van der Waals surface area contributed by atoms with E-state index in [1.807, 2.05) is 0 Å². The maximum Gasteiger partial charge on any atom is 0.0791 e. The molecule has 2 rings (SSSR count). The highest BCUT2D eigenvalue weighted by molar-refractivity contribution is 4.82. The average Bonchev–Trinajstić information content (AvgIpc) is 2.46. The van der Waals surface area contributed by atoms with E-state index in [0.717, 1.165) is 39.1 Å². The molecule has 0 bridgehead atoms. The van der Waals surface area contributed by atoms with Crippen LogP contribution in [0.2, 0.25) is 0 Å². The fourth-order valence-electron chi connectivity index (χ4n) is 3.13. The van der Waals surface area contributed by atoms with Crippen LogP contribution >= 0.6 is 0 Å². The minimum Gasteiger partial charge on any atom is -0.396 e. The molecule has 112 valence electrons. The smallest absolute Gasteiger partial charge is 0.0791 e. The highest BCUT2D eigenvalue weighted by Crippen LogP contribution is 2.23. The lowest BCUT2D eigenvalue weighted by Crippen LogP contribution is -2.47. The zero-order valence-corrected chi connectivity index (χ0v) is 11.8. The molecule has 1 heterocycles. The van der Waals surface area contributed by atoms with Crippen LogP contribution in [0.25, 0.3) is 0 Å². The predicted octanol–water partition coefficient (Wildman–Crippen LogP) is -0.180. The van der Waals surface area contributed by atoms with Crippen LogP contribution in [0, 0.1) is 5.92 Å². The molecule has 1 saturated carbocycles. The van der Waals surface area contributed by atoms with E-state index in [2.05, 4.69) is 10.2 Å². The fourth-order valence-corrected chi connectivity index (χ4v) is 3.13. The van der Waals surface area contributed by atoms with Gasteiger partial charge in [-0.1, -0.05) is 12.8 Å². The standard InChI is InChI=1S/C14H28N2O3/c17-11-12-3-1-2-4-14(12)15-9-13(18)10-16-5-7-19-8-6-16/h12-15,17-18H,1-11H2. The molecule has 0 aromatic rings. The molecule has 0 aromatic heterocycles. The largest absolute Gasteiger partial charge is 0.396 e. The number of morpholine rings is 1. The molecule has 3 atom stereocenters. The van der Waals surface area contributed by atoms with Crippen LogP contribution in [0.5, 0.6) is 0 Å².